The van der Waals surface area contributed by atoms with Gasteiger partial charge in [-0.1, -0.05) is 37.3 Å². The molecule has 0 radical (unpaired) electrons. The molecule has 2 rings (SSSR count). The van der Waals surface area contributed by atoms with Crippen LogP contribution in [0, 0.1) is 0 Å². The molecule has 118 valence electrons. The van der Waals surface area contributed by atoms with Gasteiger partial charge in [0.1, 0.15) is 0 Å². The molecule has 1 aliphatic heterocycles. The van der Waals surface area contributed by atoms with Crippen molar-refractivity contribution >= 4 is 11.8 Å². The van der Waals surface area contributed by atoms with E-state index in [2.05, 4.69) is 73.1 Å². The Morgan fingerprint density at radius 2 is 2.05 bits per heavy atom. The van der Waals surface area contributed by atoms with E-state index in [1.54, 1.807) is 0 Å². The van der Waals surface area contributed by atoms with E-state index in [1.807, 2.05) is 0 Å². The van der Waals surface area contributed by atoms with Gasteiger partial charge in [0.25, 0.3) is 0 Å². The minimum atomic E-state index is 0.414. The van der Waals surface area contributed by atoms with Crippen LogP contribution in [0.1, 0.15) is 45.2 Å². The molecule has 1 N–H and O–H groups in total. The van der Waals surface area contributed by atoms with Crippen LogP contribution >= 0.6 is 11.8 Å². The zero-order valence-corrected chi connectivity index (χ0v) is 14.6. The Bertz CT molecular complexity index is 405. The Labute approximate surface area is 134 Å². The van der Waals surface area contributed by atoms with E-state index in [-0.39, 0.29) is 0 Å². The molecule has 21 heavy (non-hydrogen) atoms. The van der Waals surface area contributed by atoms with Gasteiger partial charge < -0.3 is 10.2 Å². The summed E-state index contributed by atoms with van der Waals surface area (Å²) in [6, 6.07) is 11.4. The maximum atomic E-state index is 3.71. The van der Waals surface area contributed by atoms with Crippen LogP contribution < -0.4 is 5.32 Å². The Kier molecular flexibility index (Phi) is 6.59. The standard InChI is InChI=1S/C18H30N2S/c1-4-11-19-17(16-8-6-5-7-9-16)10-12-20-13-14-21-18(2,3)15-20/h5-9,17,19H,4,10-15H2,1-3H3. The highest BCUT2D eigenvalue weighted by atomic mass is 32.2. The van der Waals surface area contributed by atoms with Crippen molar-refractivity contribution in [2.24, 2.45) is 0 Å². The first-order valence-corrected chi connectivity index (χ1v) is 9.24. The topological polar surface area (TPSA) is 15.3 Å². The molecule has 0 aliphatic carbocycles. The van der Waals surface area contributed by atoms with E-state index in [9.17, 15) is 0 Å². The first-order chi connectivity index (χ1) is 10.1. The molecule has 2 nitrogen and oxygen atoms in total. The molecule has 0 spiro atoms. The van der Waals surface area contributed by atoms with Crippen molar-refractivity contribution < 1.29 is 0 Å². The molecule has 1 heterocycles. The van der Waals surface area contributed by atoms with Crippen molar-refractivity contribution in [3.63, 3.8) is 0 Å². The first-order valence-electron chi connectivity index (χ1n) is 8.25. The summed E-state index contributed by atoms with van der Waals surface area (Å²) in [6.07, 6.45) is 2.39. The van der Waals surface area contributed by atoms with Crippen LogP contribution in [0.25, 0.3) is 0 Å². The summed E-state index contributed by atoms with van der Waals surface area (Å²) in [5.74, 6) is 1.27. The van der Waals surface area contributed by atoms with E-state index in [0.717, 1.165) is 6.54 Å². The van der Waals surface area contributed by atoms with Gasteiger partial charge in [0.15, 0.2) is 0 Å². The number of rotatable bonds is 7. The van der Waals surface area contributed by atoms with Gasteiger partial charge in [-0.15, -0.1) is 0 Å². The molecule has 0 bridgehead atoms. The zero-order chi connectivity index (χ0) is 15.1. The maximum absolute atomic E-state index is 3.71. The maximum Gasteiger partial charge on any atom is 0.0332 e. The van der Waals surface area contributed by atoms with Crippen molar-refractivity contribution in [2.75, 3.05) is 31.9 Å². The van der Waals surface area contributed by atoms with Crippen LogP contribution in [0.5, 0.6) is 0 Å². The highest BCUT2D eigenvalue weighted by Crippen LogP contribution is 2.30. The summed E-state index contributed by atoms with van der Waals surface area (Å²) in [7, 11) is 0. The van der Waals surface area contributed by atoms with Gasteiger partial charge in [-0.2, -0.15) is 11.8 Å². The van der Waals surface area contributed by atoms with Gasteiger partial charge >= 0.3 is 0 Å². The van der Waals surface area contributed by atoms with Gasteiger partial charge in [-0.25, -0.2) is 0 Å². The van der Waals surface area contributed by atoms with Crippen LogP contribution in [0.2, 0.25) is 0 Å². The average Bonchev–Trinajstić information content (AvgIpc) is 2.47. The molecule has 1 aromatic carbocycles. The molecule has 3 heteroatoms. The number of hydrogen-bond acceptors (Lipinski definition) is 3. The van der Waals surface area contributed by atoms with Crippen molar-refractivity contribution in [3.05, 3.63) is 35.9 Å². The zero-order valence-electron chi connectivity index (χ0n) is 13.8. The Hall–Kier alpha value is -0.510. The van der Waals surface area contributed by atoms with Crippen LogP contribution in [0.15, 0.2) is 30.3 Å². The lowest BCUT2D eigenvalue weighted by Crippen LogP contribution is -2.44. The normalized spacial score (nSPS) is 20.3. The van der Waals surface area contributed by atoms with Crippen LogP contribution in [0.3, 0.4) is 0 Å². The van der Waals surface area contributed by atoms with E-state index in [4.69, 9.17) is 0 Å². The highest BCUT2D eigenvalue weighted by molar-refractivity contribution is 8.00. The third kappa shape index (κ3) is 5.65. The van der Waals surface area contributed by atoms with Gasteiger partial charge in [-0.3, -0.25) is 0 Å². The van der Waals surface area contributed by atoms with E-state index in [1.165, 1.54) is 43.8 Å². The lowest BCUT2D eigenvalue weighted by Gasteiger charge is -2.38. The van der Waals surface area contributed by atoms with Gasteiger partial charge in [0.05, 0.1) is 0 Å². The molecule has 1 aliphatic rings. The second-order valence-corrected chi connectivity index (χ2v) is 8.39. The molecule has 1 fully saturated rings. The molecule has 1 saturated heterocycles. The molecular weight excluding hydrogens is 276 g/mol. The van der Waals surface area contributed by atoms with Crippen LogP contribution in [0.4, 0.5) is 0 Å². The van der Waals surface area contributed by atoms with Crippen LogP contribution in [-0.2, 0) is 0 Å². The summed E-state index contributed by atoms with van der Waals surface area (Å²) < 4.78 is 0.414. The van der Waals surface area contributed by atoms with Crippen molar-refractivity contribution in [1.82, 2.24) is 10.2 Å². The lowest BCUT2D eigenvalue weighted by atomic mass is 10.0. The average molecular weight is 307 g/mol. The minimum Gasteiger partial charge on any atom is -0.310 e. The number of thioether (sulfide) groups is 1. The number of nitrogens with one attached hydrogen (secondary N) is 1. The fraction of sp³-hybridized carbons (Fsp3) is 0.667. The van der Waals surface area contributed by atoms with Gasteiger partial charge in [0, 0.05) is 36.2 Å². The molecular formula is C18H30N2S. The van der Waals surface area contributed by atoms with Crippen LogP contribution in [-0.4, -0.2) is 41.6 Å². The highest BCUT2D eigenvalue weighted by Gasteiger charge is 2.27. The Balaban J connectivity index is 1.90. The summed E-state index contributed by atoms with van der Waals surface area (Å²) in [6.45, 7) is 11.7. The van der Waals surface area contributed by atoms with Crippen molar-refractivity contribution in [1.29, 1.82) is 0 Å². The third-order valence-electron chi connectivity index (χ3n) is 4.08. The quantitative estimate of drug-likeness (QED) is 0.821. The SMILES string of the molecule is CCCNC(CCN1CCSC(C)(C)C1)c1ccccc1. The number of hydrogen-bond donors (Lipinski definition) is 1. The van der Waals surface area contributed by atoms with E-state index < -0.39 is 0 Å². The summed E-state index contributed by atoms with van der Waals surface area (Å²) >= 11 is 2.11. The van der Waals surface area contributed by atoms with E-state index in [0.29, 0.717) is 10.8 Å². The summed E-state index contributed by atoms with van der Waals surface area (Å²) in [5, 5.41) is 3.71. The second kappa shape index (κ2) is 8.21. The second-order valence-electron chi connectivity index (χ2n) is 6.59. The van der Waals surface area contributed by atoms with Crippen molar-refractivity contribution in [3.8, 4) is 0 Å². The van der Waals surface area contributed by atoms with Gasteiger partial charge in [0.2, 0.25) is 0 Å². The Morgan fingerprint density at radius 1 is 1.29 bits per heavy atom. The monoisotopic (exact) mass is 306 g/mol. The third-order valence-corrected chi connectivity index (χ3v) is 5.38. The predicted octanol–water partition coefficient (Wildman–Crippen LogP) is 3.94. The molecule has 0 aromatic heterocycles. The van der Waals surface area contributed by atoms with Crippen molar-refractivity contribution in [2.45, 2.75) is 44.4 Å². The molecule has 1 atom stereocenters. The molecule has 1 aromatic rings. The van der Waals surface area contributed by atoms with Gasteiger partial charge in [-0.05, 0) is 38.8 Å². The number of benzene rings is 1. The lowest BCUT2D eigenvalue weighted by molar-refractivity contribution is 0.245. The predicted molar refractivity (Wildman–Crippen MR) is 95.1 cm³/mol. The largest absolute Gasteiger partial charge is 0.310 e. The fourth-order valence-corrected chi connectivity index (χ4v) is 4.18. The molecule has 0 saturated carbocycles. The smallest absolute Gasteiger partial charge is 0.0332 e. The first kappa shape index (κ1) is 16.9. The Morgan fingerprint density at radius 3 is 2.71 bits per heavy atom. The minimum absolute atomic E-state index is 0.414. The fourth-order valence-electron chi connectivity index (χ4n) is 3.01. The molecule has 1 unspecified atom stereocenters. The summed E-state index contributed by atoms with van der Waals surface area (Å²) in [5.41, 5.74) is 1.43. The molecule has 0 amide bonds. The number of nitrogens with zero attached hydrogens (tertiary/aromatic N) is 1. The summed E-state index contributed by atoms with van der Waals surface area (Å²) in [4.78, 5) is 2.64. The van der Waals surface area contributed by atoms with E-state index >= 15 is 0 Å².